The van der Waals surface area contributed by atoms with Crippen LogP contribution in [0, 0.1) is 0 Å². The fourth-order valence-electron chi connectivity index (χ4n) is 2.06. The first kappa shape index (κ1) is 15.0. The average Bonchev–Trinajstić information content (AvgIpc) is 2.36. The van der Waals surface area contributed by atoms with Gasteiger partial charge in [-0.2, -0.15) is 0 Å². The maximum absolute atomic E-state index is 8.82. The van der Waals surface area contributed by atoms with Crippen LogP contribution in [0.4, 0.5) is 5.69 Å². The zero-order chi connectivity index (χ0) is 13.5. The molecule has 0 amide bonds. The van der Waals surface area contributed by atoms with Crippen LogP contribution in [-0.4, -0.2) is 31.9 Å². The van der Waals surface area contributed by atoms with Crippen molar-refractivity contribution in [1.82, 2.24) is 5.32 Å². The van der Waals surface area contributed by atoms with Crippen LogP contribution in [0.3, 0.4) is 0 Å². The molecule has 0 aliphatic carbocycles. The smallest absolute Gasteiger partial charge is 0.0431 e. The van der Waals surface area contributed by atoms with Gasteiger partial charge in [-0.1, -0.05) is 12.1 Å². The van der Waals surface area contributed by atoms with E-state index < -0.39 is 0 Å². The molecule has 2 unspecified atom stereocenters. The molecule has 2 N–H and O–H groups in total. The van der Waals surface area contributed by atoms with Gasteiger partial charge in [-0.15, -0.1) is 0 Å². The number of nitrogens with one attached hydrogen (secondary N) is 1. The first-order valence-corrected chi connectivity index (χ1v) is 6.68. The highest BCUT2D eigenvalue weighted by atomic mass is 16.2. The average molecular weight is 250 g/mol. The zero-order valence-corrected chi connectivity index (χ0v) is 12.0. The number of aliphatic hydroxyl groups is 1. The molecule has 1 rings (SSSR count). The van der Waals surface area contributed by atoms with Crippen LogP contribution in [0.2, 0.25) is 0 Å². The Kier molecular flexibility index (Phi) is 6.16. The van der Waals surface area contributed by atoms with Gasteiger partial charge in [0.25, 0.3) is 0 Å². The van der Waals surface area contributed by atoms with Crippen LogP contribution in [0.25, 0.3) is 0 Å². The molecule has 0 radical (unpaired) electrons. The fourth-order valence-corrected chi connectivity index (χ4v) is 2.06. The van der Waals surface area contributed by atoms with E-state index >= 15 is 0 Å². The first-order valence-electron chi connectivity index (χ1n) is 6.68. The van der Waals surface area contributed by atoms with Crippen molar-refractivity contribution in [2.24, 2.45) is 0 Å². The van der Waals surface area contributed by atoms with Gasteiger partial charge in [0.15, 0.2) is 0 Å². The summed E-state index contributed by atoms with van der Waals surface area (Å²) < 4.78 is 0. The summed E-state index contributed by atoms with van der Waals surface area (Å²) in [5.41, 5.74) is 2.52. The lowest BCUT2D eigenvalue weighted by atomic mass is 10.1. The molecule has 0 aromatic heterocycles. The molecule has 1 aromatic carbocycles. The minimum absolute atomic E-state index is 0.276. The Morgan fingerprint density at radius 1 is 1.17 bits per heavy atom. The van der Waals surface area contributed by atoms with Crippen molar-refractivity contribution in [3.05, 3.63) is 29.8 Å². The lowest BCUT2D eigenvalue weighted by Gasteiger charge is -2.21. The Morgan fingerprint density at radius 2 is 1.78 bits per heavy atom. The maximum atomic E-state index is 8.82. The van der Waals surface area contributed by atoms with E-state index in [1.807, 2.05) is 14.1 Å². The van der Waals surface area contributed by atoms with E-state index in [1.165, 1.54) is 11.3 Å². The van der Waals surface area contributed by atoms with Crippen molar-refractivity contribution in [1.29, 1.82) is 0 Å². The Balaban J connectivity index is 2.53. The summed E-state index contributed by atoms with van der Waals surface area (Å²) in [5, 5.41) is 12.4. The fraction of sp³-hybridized carbons (Fsp3) is 0.600. The summed E-state index contributed by atoms with van der Waals surface area (Å²) in [7, 11) is 4.10. The van der Waals surface area contributed by atoms with Crippen LogP contribution < -0.4 is 10.2 Å². The molecule has 18 heavy (non-hydrogen) atoms. The van der Waals surface area contributed by atoms with E-state index in [2.05, 4.69) is 48.3 Å². The third-order valence-corrected chi connectivity index (χ3v) is 3.24. The lowest BCUT2D eigenvalue weighted by Crippen LogP contribution is -2.29. The molecule has 0 bridgehead atoms. The third kappa shape index (κ3) is 4.67. The second-order valence-electron chi connectivity index (χ2n) is 5.14. The highest BCUT2D eigenvalue weighted by Crippen LogP contribution is 2.18. The number of aliphatic hydroxyl groups excluding tert-OH is 1. The van der Waals surface area contributed by atoms with Gasteiger partial charge >= 0.3 is 0 Å². The number of nitrogens with zero attached hydrogens (tertiary/aromatic N) is 1. The van der Waals surface area contributed by atoms with Crippen molar-refractivity contribution < 1.29 is 5.11 Å². The summed E-state index contributed by atoms with van der Waals surface area (Å²) in [6, 6.07) is 9.41. The molecule has 0 aliphatic heterocycles. The van der Waals surface area contributed by atoms with Crippen LogP contribution in [0.15, 0.2) is 24.3 Å². The highest BCUT2D eigenvalue weighted by molar-refractivity contribution is 5.46. The molecule has 0 aliphatic rings. The number of benzene rings is 1. The van der Waals surface area contributed by atoms with Gasteiger partial charge < -0.3 is 15.3 Å². The molecule has 1 aromatic rings. The molecule has 0 saturated heterocycles. The minimum atomic E-state index is 0.276. The second-order valence-corrected chi connectivity index (χ2v) is 5.14. The van der Waals surface area contributed by atoms with Gasteiger partial charge in [-0.3, -0.25) is 0 Å². The summed E-state index contributed by atoms with van der Waals surface area (Å²) in [5.74, 6) is 0. The quantitative estimate of drug-likeness (QED) is 0.780. The van der Waals surface area contributed by atoms with Crippen molar-refractivity contribution in [2.45, 2.75) is 38.8 Å². The van der Waals surface area contributed by atoms with Gasteiger partial charge in [-0.25, -0.2) is 0 Å². The monoisotopic (exact) mass is 250 g/mol. The van der Waals surface area contributed by atoms with Gasteiger partial charge in [0.1, 0.15) is 0 Å². The van der Waals surface area contributed by atoms with Crippen molar-refractivity contribution in [2.75, 3.05) is 25.6 Å². The minimum Gasteiger partial charge on any atom is -0.396 e. The van der Waals surface area contributed by atoms with Crippen molar-refractivity contribution in [3.63, 3.8) is 0 Å². The van der Waals surface area contributed by atoms with E-state index in [9.17, 15) is 0 Å². The largest absolute Gasteiger partial charge is 0.396 e. The molecular formula is C15H26N2O. The molecule has 3 heteroatoms. The van der Waals surface area contributed by atoms with E-state index in [4.69, 9.17) is 5.11 Å². The third-order valence-electron chi connectivity index (χ3n) is 3.24. The molecule has 0 saturated carbocycles. The van der Waals surface area contributed by atoms with E-state index in [0.29, 0.717) is 12.1 Å². The molecule has 0 heterocycles. The van der Waals surface area contributed by atoms with Crippen molar-refractivity contribution >= 4 is 5.69 Å². The second kappa shape index (κ2) is 7.39. The molecule has 2 atom stereocenters. The standard InChI is InChI=1S/C15H26N2O/c1-12(6-5-11-18)16-13(2)14-7-9-15(10-8-14)17(3)4/h7-10,12-13,16,18H,5-6,11H2,1-4H3. The summed E-state index contributed by atoms with van der Waals surface area (Å²) in [6.45, 7) is 4.62. The number of rotatable bonds is 7. The van der Waals surface area contributed by atoms with E-state index in [0.717, 1.165) is 12.8 Å². The van der Waals surface area contributed by atoms with Crippen LogP contribution >= 0.6 is 0 Å². The molecule has 0 fully saturated rings. The SMILES string of the molecule is CC(CCCO)NC(C)c1ccc(N(C)C)cc1. The van der Waals surface area contributed by atoms with Crippen LogP contribution in [0.1, 0.15) is 38.3 Å². The number of hydrogen-bond acceptors (Lipinski definition) is 3. The van der Waals surface area contributed by atoms with E-state index in [-0.39, 0.29) is 6.61 Å². The Morgan fingerprint density at radius 3 is 2.28 bits per heavy atom. The topological polar surface area (TPSA) is 35.5 Å². The predicted molar refractivity (Wildman–Crippen MR) is 78.1 cm³/mol. The van der Waals surface area contributed by atoms with Gasteiger partial charge in [0.2, 0.25) is 0 Å². The number of anilines is 1. The first-order chi connectivity index (χ1) is 8.54. The molecule has 102 valence electrons. The molecule has 0 spiro atoms. The van der Waals surface area contributed by atoms with Crippen molar-refractivity contribution in [3.8, 4) is 0 Å². The van der Waals surface area contributed by atoms with Crippen LogP contribution in [-0.2, 0) is 0 Å². The molecular weight excluding hydrogens is 224 g/mol. The Bertz CT molecular complexity index is 335. The zero-order valence-electron chi connectivity index (χ0n) is 12.0. The summed E-state index contributed by atoms with van der Waals surface area (Å²) in [4.78, 5) is 2.10. The lowest BCUT2D eigenvalue weighted by molar-refractivity contribution is 0.274. The van der Waals surface area contributed by atoms with Gasteiger partial charge in [0.05, 0.1) is 0 Å². The Labute approximate surface area is 111 Å². The number of hydrogen-bond donors (Lipinski definition) is 2. The highest BCUT2D eigenvalue weighted by Gasteiger charge is 2.09. The molecule has 3 nitrogen and oxygen atoms in total. The predicted octanol–water partition coefficient (Wildman–Crippen LogP) is 2.56. The maximum Gasteiger partial charge on any atom is 0.0431 e. The summed E-state index contributed by atoms with van der Waals surface area (Å²) >= 11 is 0. The Hall–Kier alpha value is -1.06. The van der Waals surface area contributed by atoms with Gasteiger partial charge in [0, 0.05) is 38.5 Å². The normalized spacial score (nSPS) is 14.3. The van der Waals surface area contributed by atoms with Gasteiger partial charge in [-0.05, 0) is 44.4 Å². The summed E-state index contributed by atoms with van der Waals surface area (Å²) in [6.07, 6.45) is 1.87. The van der Waals surface area contributed by atoms with Crippen LogP contribution in [0.5, 0.6) is 0 Å². The van der Waals surface area contributed by atoms with E-state index in [1.54, 1.807) is 0 Å².